The van der Waals surface area contributed by atoms with Crippen LogP contribution in [0.2, 0.25) is 0 Å². The molecule has 0 aliphatic carbocycles. The Kier molecular flexibility index (Phi) is 7.99. The molecular formula is C23H30N4O5. The van der Waals surface area contributed by atoms with Gasteiger partial charge in [0.25, 0.3) is 0 Å². The van der Waals surface area contributed by atoms with Crippen LogP contribution in [-0.4, -0.2) is 56.7 Å². The number of hydrogen-bond acceptors (Lipinski definition) is 7. The van der Waals surface area contributed by atoms with E-state index in [1.54, 1.807) is 11.6 Å². The lowest BCUT2D eigenvalue weighted by Crippen LogP contribution is -2.26. The van der Waals surface area contributed by atoms with Crippen molar-refractivity contribution in [1.29, 1.82) is 0 Å². The SMILES string of the molecule is CCCc1nn(C)c2c(OCCOc3ccc(CC(OCC)C(=O)O)cc3)nc(C)nc12. The molecule has 0 bridgehead atoms. The van der Waals surface area contributed by atoms with E-state index in [0.29, 0.717) is 43.7 Å². The van der Waals surface area contributed by atoms with Crippen LogP contribution in [0.15, 0.2) is 24.3 Å². The Morgan fingerprint density at radius 2 is 1.84 bits per heavy atom. The van der Waals surface area contributed by atoms with Crippen LogP contribution in [0.4, 0.5) is 0 Å². The predicted octanol–water partition coefficient (Wildman–Crippen LogP) is 3.11. The molecule has 1 N–H and O–H groups in total. The summed E-state index contributed by atoms with van der Waals surface area (Å²) in [7, 11) is 1.87. The summed E-state index contributed by atoms with van der Waals surface area (Å²) in [6.45, 7) is 6.73. The number of benzene rings is 1. The minimum atomic E-state index is -0.964. The monoisotopic (exact) mass is 442 g/mol. The van der Waals surface area contributed by atoms with E-state index < -0.39 is 12.1 Å². The first kappa shape index (κ1) is 23.5. The van der Waals surface area contributed by atoms with E-state index in [1.165, 1.54) is 0 Å². The number of carboxylic acids is 1. The topological polar surface area (TPSA) is 109 Å². The van der Waals surface area contributed by atoms with Gasteiger partial charge in [0.2, 0.25) is 5.88 Å². The van der Waals surface area contributed by atoms with Crippen molar-refractivity contribution in [1.82, 2.24) is 19.7 Å². The Morgan fingerprint density at radius 3 is 2.50 bits per heavy atom. The zero-order valence-electron chi connectivity index (χ0n) is 19.0. The highest BCUT2D eigenvalue weighted by molar-refractivity contribution is 5.82. The fraction of sp³-hybridized carbons (Fsp3) is 0.478. The van der Waals surface area contributed by atoms with Crippen molar-refractivity contribution in [3.05, 3.63) is 41.3 Å². The summed E-state index contributed by atoms with van der Waals surface area (Å²) < 4.78 is 18.7. The summed E-state index contributed by atoms with van der Waals surface area (Å²) in [4.78, 5) is 20.2. The summed E-state index contributed by atoms with van der Waals surface area (Å²) in [6.07, 6.45) is 1.29. The Bertz CT molecular complexity index is 1050. The third kappa shape index (κ3) is 5.73. The van der Waals surface area contributed by atoms with Crippen LogP contribution in [0, 0.1) is 6.92 Å². The van der Waals surface area contributed by atoms with Crippen LogP contribution in [0.1, 0.15) is 37.4 Å². The number of fused-ring (bicyclic) bond motifs is 1. The molecule has 0 aliphatic rings. The number of carboxylic acid groups (broad SMARTS) is 1. The Morgan fingerprint density at radius 1 is 1.12 bits per heavy atom. The maximum absolute atomic E-state index is 11.2. The molecule has 0 saturated carbocycles. The van der Waals surface area contributed by atoms with Gasteiger partial charge in [-0.3, -0.25) is 4.68 Å². The van der Waals surface area contributed by atoms with Gasteiger partial charge in [-0.1, -0.05) is 25.5 Å². The van der Waals surface area contributed by atoms with Gasteiger partial charge in [-0.15, -0.1) is 0 Å². The van der Waals surface area contributed by atoms with Crippen molar-refractivity contribution >= 4 is 17.0 Å². The Labute approximate surface area is 187 Å². The maximum atomic E-state index is 11.2. The van der Waals surface area contributed by atoms with Crippen LogP contribution < -0.4 is 9.47 Å². The molecule has 1 aromatic carbocycles. The molecule has 0 amide bonds. The second-order valence-corrected chi connectivity index (χ2v) is 7.42. The highest BCUT2D eigenvalue weighted by Gasteiger charge is 2.18. The highest BCUT2D eigenvalue weighted by atomic mass is 16.5. The van der Waals surface area contributed by atoms with Gasteiger partial charge in [0.15, 0.2) is 6.10 Å². The van der Waals surface area contributed by atoms with Crippen LogP contribution in [0.25, 0.3) is 11.0 Å². The van der Waals surface area contributed by atoms with E-state index in [1.807, 2.05) is 38.2 Å². The van der Waals surface area contributed by atoms with Gasteiger partial charge in [0.05, 0.1) is 5.69 Å². The van der Waals surface area contributed by atoms with E-state index in [0.717, 1.165) is 35.1 Å². The van der Waals surface area contributed by atoms with Gasteiger partial charge >= 0.3 is 5.97 Å². The summed E-state index contributed by atoms with van der Waals surface area (Å²) >= 11 is 0. The molecule has 0 aliphatic heterocycles. The van der Waals surface area contributed by atoms with Gasteiger partial charge in [-0.2, -0.15) is 10.1 Å². The molecule has 0 fully saturated rings. The quantitative estimate of drug-likeness (QED) is 0.426. The largest absolute Gasteiger partial charge is 0.490 e. The molecule has 2 heterocycles. The lowest BCUT2D eigenvalue weighted by atomic mass is 10.1. The zero-order chi connectivity index (χ0) is 23.1. The lowest BCUT2D eigenvalue weighted by Gasteiger charge is -2.13. The normalized spacial score (nSPS) is 12.1. The first-order valence-corrected chi connectivity index (χ1v) is 10.8. The van der Waals surface area contributed by atoms with Crippen molar-refractivity contribution in [2.24, 2.45) is 7.05 Å². The first-order valence-electron chi connectivity index (χ1n) is 10.8. The minimum absolute atomic E-state index is 0.306. The number of ether oxygens (including phenoxy) is 3. The summed E-state index contributed by atoms with van der Waals surface area (Å²) in [5.41, 5.74) is 3.43. The predicted molar refractivity (Wildman–Crippen MR) is 119 cm³/mol. The second-order valence-electron chi connectivity index (χ2n) is 7.42. The van der Waals surface area contributed by atoms with Crippen molar-refractivity contribution in [3.63, 3.8) is 0 Å². The number of nitrogens with zero attached hydrogens (tertiary/aromatic N) is 4. The number of aryl methyl sites for hydroxylation is 3. The zero-order valence-corrected chi connectivity index (χ0v) is 19.0. The molecular weight excluding hydrogens is 412 g/mol. The summed E-state index contributed by atoms with van der Waals surface area (Å²) in [5.74, 6) is 0.851. The molecule has 0 saturated heterocycles. The fourth-order valence-corrected chi connectivity index (χ4v) is 3.47. The van der Waals surface area contributed by atoms with Crippen LogP contribution in [-0.2, 0) is 29.4 Å². The molecule has 2 aromatic heterocycles. The van der Waals surface area contributed by atoms with Crippen molar-refractivity contribution in [2.45, 2.75) is 46.1 Å². The van der Waals surface area contributed by atoms with Gasteiger partial charge < -0.3 is 19.3 Å². The van der Waals surface area contributed by atoms with Gasteiger partial charge in [0, 0.05) is 20.1 Å². The number of aliphatic carboxylic acids is 1. The van der Waals surface area contributed by atoms with Gasteiger partial charge in [-0.05, 0) is 38.0 Å². The Hall–Kier alpha value is -3.20. The molecule has 9 nitrogen and oxygen atoms in total. The molecule has 32 heavy (non-hydrogen) atoms. The van der Waals surface area contributed by atoms with Crippen LogP contribution in [0.3, 0.4) is 0 Å². The molecule has 3 rings (SSSR count). The van der Waals surface area contributed by atoms with E-state index in [9.17, 15) is 9.90 Å². The number of aromatic nitrogens is 4. The van der Waals surface area contributed by atoms with E-state index in [2.05, 4.69) is 22.0 Å². The average molecular weight is 443 g/mol. The van der Waals surface area contributed by atoms with E-state index in [-0.39, 0.29) is 0 Å². The smallest absolute Gasteiger partial charge is 0.333 e. The van der Waals surface area contributed by atoms with E-state index in [4.69, 9.17) is 14.2 Å². The lowest BCUT2D eigenvalue weighted by molar-refractivity contribution is -0.149. The highest BCUT2D eigenvalue weighted by Crippen LogP contribution is 2.25. The Balaban J connectivity index is 1.57. The van der Waals surface area contributed by atoms with Crippen molar-refractivity contribution in [3.8, 4) is 11.6 Å². The van der Waals surface area contributed by atoms with Crippen molar-refractivity contribution < 1.29 is 24.1 Å². The average Bonchev–Trinajstić information content (AvgIpc) is 3.07. The second kappa shape index (κ2) is 10.9. The minimum Gasteiger partial charge on any atom is -0.490 e. The van der Waals surface area contributed by atoms with E-state index >= 15 is 0 Å². The third-order valence-electron chi connectivity index (χ3n) is 4.90. The number of carbonyl (C=O) groups is 1. The van der Waals surface area contributed by atoms with Crippen LogP contribution >= 0.6 is 0 Å². The van der Waals surface area contributed by atoms with Crippen molar-refractivity contribution in [2.75, 3.05) is 19.8 Å². The molecule has 3 aromatic rings. The number of rotatable bonds is 12. The summed E-state index contributed by atoms with van der Waals surface area (Å²) in [6, 6.07) is 7.30. The van der Waals surface area contributed by atoms with Gasteiger partial charge in [-0.25, -0.2) is 9.78 Å². The summed E-state index contributed by atoms with van der Waals surface area (Å²) in [5, 5.41) is 13.8. The third-order valence-corrected chi connectivity index (χ3v) is 4.90. The molecule has 172 valence electrons. The first-order chi connectivity index (χ1) is 15.4. The van der Waals surface area contributed by atoms with Gasteiger partial charge in [0.1, 0.15) is 35.8 Å². The molecule has 0 spiro atoms. The molecule has 0 radical (unpaired) electrons. The molecule has 1 atom stereocenters. The maximum Gasteiger partial charge on any atom is 0.333 e. The van der Waals surface area contributed by atoms with Crippen LogP contribution in [0.5, 0.6) is 11.6 Å². The number of hydrogen-bond donors (Lipinski definition) is 1. The fourth-order valence-electron chi connectivity index (χ4n) is 3.47. The molecule has 1 unspecified atom stereocenters. The molecule has 9 heteroatoms. The standard InChI is InChI=1S/C23H30N4O5/c1-5-7-18-20-21(27(4)26-18)22(25-15(3)24-20)32-13-12-31-17-10-8-16(9-11-17)14-19(23(28)29)30-6-2/h8-11,19H,5-7,12-14H2,1-4H3,(H,28,29).